The van der Waals surface area contributed by atoms with Crippen LogP contribution in [-0.2, 0) is 17.6 Å². The Hall–Kier alpha value is -3.21. The highest BCUT2D eigenvalue weighted by Gasteiger charge is 2.26. The predicted molar refractivity (Wildman–Crippen MR) is 103 cm³/mol. The van der Waals surface area contributed by atoms with Gasteiger partial charge < -0.3 is 10.1 Å². The fourth-order valence-electron chi connectivity index (χ4n) is 3.29. The number of nitrogens with one attached hydrogen (secondary N) is 1. The number of para-hydroxylation sites is 1. The second-order valence-corrected chi connectivity index (χ2v) is 6.60. The molecule has 3 aromatic rings. The van der Waals surface area contributed by atoms with Crippen LogP contribution in [0.15, 0.2) is 67.0 Å². The number of aromatic nitrogens is 2. The summed E-state index contributed by atoms with van der Waals surface area (Å²) in [5.74, 6) is 1.53. The highest BCUT2D eigenvalue weighted by atomic mass is 16.5. The molecule has 2 aromatic carbocycles. The van der Waals surface area contributed by atoms with Crippen molar-refractivity contribution < 1.29 is 9.53 Å². The van der Waals surface area contributed by atoms with Crippen LogP contribution >= 0.6 is 0 Å². The molecular weight excluding hydrogens is 338 g/mol. The maximum Gasteiger partial charge on any atom is 0.220 e. The zero-order chi connectivity index (χ0) is 18.5. The predicted octanol–water partition coefficient (Wildman–Crippen LogP) is 3.20. The number of hydrogen-bond acceptors (Lipinski definition) is 4. The minimum atomic E-state index is -0.0643. The van der Waals surface area contributed by atoms with Gasteiger partial charge in [0.2, 0.25) is 5.91 Å². The van der Waals surface area contributed by atoms with Gasteiger partial charge in [-0.25, -0.2) is 9.97 Å². The molecule has 1 aromatic heterocycles. The number of ether oxygens (including phenoxy) is 1. The van der Waals surface area contributed by atoms with Gasteiger partial charge in [-0.2, -0.15) is 0 Å². The van der Waals surface area contributed by atoms with Gasteiger partial charge in [-0.1, -0.05) is 42.5 Å². The largest absolute Gasteiger partial charge is 0.487 e. The van der Waals surface area contributed by atoms with Crippen molar-refractivity contribution in [3.8, 4) is 17.1 Å². The average molecular weight is 359 g/mol. The van der Waals surface area contributed by atoms with E-state index in [1.165, 1.54) is 5.56 Å². The monoisotopic (exact) mass is 359 g/mol. The van der Waals surface area contributed by atoms with Gasteiger partial charge in [0.1, 0.15) is 11.9 Å². The van der Waals surface area contributed by atoms with Crippen LogP contribution < -0.4 is 10.1 Å². The molecule has 5 heteroatoms. The summed E-state index contributed by atoms with van der Waals surface area (Å²) in [5, 5.41) is 2.99. The second kappa shape index (κ2) is 7.99. The first-order chi connectivity index (χ1) is 13.3. The molecule has 1 N–H and O–H groups in total. The number of benzene rings is 2. The zero-order valence-corrected chi connectivity index (χ0v) is 15.0. The standard InChI is InChI=1S/C22H21N3O2/c26-20(11-10-16-6-2-1-3-7-16)25-15-18-14-17-8-4-9-19(21(17)27-18)22-23-12-5-13-24-22/h1-9,12-13,18H,10-11,14-15H2,(H,25,26)/t18-/m0/s1. The van der Waals surface area contributed by atoms with Gasteiger partial charge in [0.25, 0.3) is 0 Å². The number of carbonyl (C=O) groups excluding carboxylic acids is 1. The summed E-state index contributed by atoms with van der Waals surface area (Å²) in [4.78, 5) is 20.8. The molecule has 136 valence electrons. The zero-order valence-electron chi connectivity index (χ0n) is 15.0. The van der Waals surface area contributed by atoms with Crippen molar-refractivity contribution in [3.63, 3.8) is 0 Å². The molecule has 0 unspecified atom stereocenters. The van der Waals surface area contributed by atoms with Crippen molar-refractivity contribution in [3.05, 3.63) is 78.1 Å². The average Bonchev–Trinajstić information content (AvgIpc) is 3.15. The lowest BCUT2D eigenvalue weighted by atomic mass is 10.1. The van der Waals surface area contributed by atoms with E-state index in [9.17, 15) is 4.79 Å². The molecule has 2 heterocycles. The van der Waals surface area contributed by atoms with Crippen molar-refractivity contribution in [1.82, 2.24) is 15.3 Å². The first kappa shape index (κ1) is 17.2. The van der Waals surface area contributed by atoms with E-state index in [0.29, 0.717) is 18.8 Å². The molecule has 4 rings (SSSR count). The Bertz CT molecular complexity index is 913. The molecule has 1 aliphatic heterocycles. The van der Waals surface area contributed by atoms with Crippen molar-refractivity contribution in [2.24, 2.45) is 0 Å². The highest BCUT2D eigenvalue weighted by molar-refractivity contribution is 5.76. The third-order valence-corrected chi connectivity index (χ3v) is 4.65. The van der Waals surface area contributed by atoms with Gasteiger partial charge in [-0.15, -0.1) is 0 Å². The summed E-state index contributed by atoms with van der Waals surface area (Å²) in [6.07, 6.45) is 5.38. The van der Waals surface area contributed by atoms with Crippen LogP contribution in [0, 0.1) is 0 Å². The van der Waals surface area contributed by atoms with Gasteiger partial charge in [-0.3, -0.25) is 4.79 Å². The minimum Gasteiger partial charge on any atom is -0.487 e. The maximum absolute atomic E-state index is 12.1. The van der Waals surface area contributed by atoms with Crippen LogP contribution in [0.2, 0.25) is 0 Å². The Kier molecular flexibility index (Phi) is 5.10. The molecule has 1 amide bonds. The number of nitrogens with zero attached hydrogens (tertiary/aromatic N) is 2. The third-order valence-electron chi connectivity index (χ3n) is 4.65. The normalized spacial score (nSPS) is 15.0. The quantitative estimate of drug-likeness (QED) is 0.734. The first-order valence-corrected chi connectivity index (χ1v) is 9.16. The van der Waals surface area contributed by atoms with Crippen LogP contribution in [0.4, 0.5) is 0 Å². The Morgan fingerprint density at radius 1 is 1.04 bits per heavy atom. The Morgan fingerprint density at radius 2 is 1.85 bits per heavy atom. The molecule has 0 fully saturated rings. The van der Waals surface area contributed by atoms with Crippen LogP contribution in [0.3, 0.4) is 0 Å². The van der Waals surface area contributed by atoms with Gasteiger partial charge in [-0.05, 0) is 29.7 Å². The molecule has 5 nitrogen and oxygen atoms in total. The summed E-state index contributed by atoms with van der Waals surface area (Å²) < 4.78 is 6.11. The van der Waals surface area contributed by atoms with E-state index in [2.05, 4.69) is 21.4 Å². The van der Waals surface area contributed by atoms with Crippen molar-refractivity contribution in [2.45, 2.75) is 25.4 Å². The number of fused-ring (bicyclic) bond motifs is 1. The van der Waals surface area contributed by atoms with Gasteiger partial charge >= 0.3 is 0 Å². The van der Waals surface area contributed by atoms with E-state index in [-0.39, 0.29) is 12.0 Å². The lowest BCUT2D eigenvalue weighted by Gasteiger charge is -2.13. The molecule has 27 heavy (non-hydrogen) atoms. The fourth-order valence-corrected chi connectivity index (χ4v) is 3.29. The lowest BCUT2D eigenvalue weighted by molar-refractivity contribution is -0.121. The van der Waals surface area contributed by atoms with Gasteiger partial charge in [0, 0.05) is 25.2 Å². The molecule has 1 aliphatic rings. The molecule has 0 radical (unpaired) electrons. The Morgan fingerprint density at radius 3 is 2.67 bits per heavy atom. The first-order valence-electron chi connectivity index (χ1n) is 9.16. The number of rotatable bonds is 6. The molecule has 0 aliphatic carbocycles. The van der Waals surface area contributed by atoms with E-state index in [0.717, 1.165) is 29.7 Å². The van der Waals surface area contributed by atoms with E-state index in [1.807, 2.05) is 42.5 Å². The number of hydrogen-bond donors (Lipinski definition) is 1. The maximum atomic E-state index is 12.1. The van der Waals surface area contributed by atoms with Crippen LogP contribution in [0.5, 0.6) is 5.75 Å². The van der Waals surface area contributed by atoms with Crippen LogP contribution in [0.25, 0.3) is 11.4 Å². The number of amides is 1. The fraction of sp³-hybridized carbons (Fsp3) is 0.227. The second-order valence-electron chi connectivity index (χ2n) is 6.60. The number of carbonyl (C=O) groups is 1. The van der Waals surface area contributed by atoms with Crippen LogP contribution in [0.1, 0.15) is 17.5 Å². The molecule has 0 saturated carbocycles. The summed E-state index contributed by atoms with van der Waals surface area (Å²) in [7, 11) is 0. The highest BCUT2D eigenvalue weighted by Crippen LogP contribution is 2.37. The van der Waals surface area contributed by atoms with Crippen LogP contribution in [-0.4, -0.2) is 28.5 Å². The lowest BCUT2D eigenvalue weighted by Crippen LogP contribution is -2.34. The van der Waals surface area contributed by atoms with E-state index >= 15 is 0 Å². The molecule has 0 bridgehead atoms. The molecular formula is C22H21N3O2. The Balaban J connectivity index is 1.33. The topological polar surface area (TPSA) is 64.1 Å². The summed E-state index contributed by atoms with van der Waals surface area (Å²) in [5.41, 5.74) is 3.19. The summed E-state index contributed by atoms with van der Waals surface area (Å²) in [6.45, 7) is 0.497. The van der Waals surface area contributed by atoms with E-state index in [4.69, 9.17) is 4.74 Å². The summed E-state index contributed by atoms with van der Waals surface area (Å²) >= 11 is 0. The van der Waals surface area contributed by atoms with E-state index < -0.39 is 0 Å². The van der Waals surface area contributed by atoms with Crippen molar-refractivity contribution in [2.75, 3.05) is 6.54 Å². The minimum absolute atomic E-state index is 0.0463. The van der Waals surface area contributed by atoms with Gasteiger partial charge in [0.05, 0.1) is 12.1 Å². The van der Waals surface area contributed by atoms with E-state index in [1.54, 1.807) is 18.5 Å². The summed E-state index contributed by atoms with van der Waals surface area (Å²) in [6, 6.07) is 17.8. The smallest absolute Gasteiger partial charge is 0.220 e. The van der Waals surface area contributed by atoms with Crippen molar-refractivity contribution in [1.29, 1.82) is 0 Å². The Labute approximate surface area is 158 Å². The molecule has 0 spiro atoms. The molecule has 1 atom stereocenters. The number of aryl methyl sites for hydroxylation is 1. The van der Waals surface area contributed by atoms with Gasteiger partial charge in [0.15, 0.2) is 5.82 Å². The third kappa shape index (κ3) is 4.14. The van der Waals surface area contributed by atoms with Crippen molar-refractivity contribution >= 4 is 5.91 Å². The SMILES string of the molecule is O=C(CCc1ccccc1)NC[C@@H]1Cc2cccc(-c3ncccn3)c2O1. The molecule has 0 saturated heterocycles.